The van der Waals surface area contributed by atoms with E-state index in [4.69, 9.17) is 9.47 Å². The number of rotatable bonds is 2. The third kappa shape index (κ3) is 4.67. The van der Waals surface area contributed by atoms with Crippen LogP contribution in [-0.4, -0.2) is 72.0 Å². The van der Waals surface area contributed by atoms with Crippen LogP contribution in [0.25, 0.3) is 0 Å². The molecule has 0 saturated carbocycles. The van der Waals surface area contributed by atoms with Gasteiger partial charge in [0.1, 0.15) is 0 Å². The number of ether oxygens (including phenoxy) is 2. The quantitative estimate of drug-likeness (QED) is 0.783. The molecule has 0 radical (unpaired) electrons. The van der Waals surface area contributed by atoms with Gasteiger partial charge in [0.05, 0.1) is 25.4 Å². The van der Waals surface area contributed by atoms with E-state index in [1.807, 2.05) is 0 Å². The Hall–Kier alpha value is -0.160. The van der Waals surface area contributed by atoms with Gasteiger partial charge < -0.3 is 9.47 Å². The summed E-state index contributed by atoms with van der Waals surface area (Å²) >= 11 is 0. The molecule has 0 aromatic heterocycles. The highest BCUT2D eigenvalue weighted by molar-refractivity contribution is 4.89. The summed E-state index contributed by atoms with van der Waals surface area (Å²) in [5.41, 5.74) is 0.424. The summed E-state index contributed by atoms with van der Waals surface area (Å²) in [6, 6.07) is 0.495. The molecule has 0 aliphatic carbocycles. The first-order valence-corrected chi connectivity index (χ1v) is 8.82. The van der Waals surface area contributed by atoms with Gasteiger partial charge in [-0.1, -0.05) is 0 Å². The maximum Gasteiger partial charge on any atom is 0.0728 e. The second-order valence-corrected chi connectivity index (χ2v) is 8.97. The van der Waals surface area contributed by atoms with Crippen LogP contribution in [-0.2, 0) is 9.47 Å². The fourth-order valence-corrected chi connectivity index (χ4v) is 3.66. The third-order valence-electron chi connectivity index (χ3n) is 4.98. The lowest BCUT2D eigenvalue weighted by Crippen LogP contribution is -2.57. The van der Waals surface area contributed by atoms with Crippen molar-refractivity contribution in [3.63, 3.8) is 0 Å². The van der Waals surface area contributed by atoms with Gasteiger partial charge in [0, 0.05) is 43.2 Å². The van der Waals surface area contributed by atoms with Crippen LogP contribution in [0, 0.1) is 0 Å². The molecule has 2 rings (SSSR count). The number of morpholine rings is 2. The molecule has 4 nitrogen and oxygen atoms in total. The number of hydrogen-bond acceptors (Lipinski definition) is 4. The van der Waals surface area contributed by atoms with Gasteiger partial charge in [-0.05, 0) is 48.5 Å². The zero-order chi connectivity index (χ0) is 16.5. The Labute approximate surface area is 137 Å². The van der Waals surface area contributed by atoms with Gasteiger partial charge >= 0.3 is 0 Å². The van der Waals surface area contributed by atoms with Crippen molar-refractivity contribution >= 4 is 0 Å². The molecule has 22 heavy (non-hydrogen) atoms. The normalized spacial score (nSPS) is 33.1. The molecule has 0 amide bonds. The summed E-state index contributed by atoms with van der Waals surface area (Å²) in [7, 11) is 0. The van der Waals surface area contributed by atoms with Crippen molar-refractivity contribution in [2.24, 2.45) is 0 Å². The molecule has 3 unspecified atom stereocenters. The Morgan fingerprint density at radius 3 is 2.14 bits per heavy atom. The summed E-state index contributed by atoms with van der Waals surface area (Å²) in [6.45, 7) is 20.8. The zero-order valence-corrected chi connectivity index (χ0v) is 15.7. The van der Waals surface area contributed by atoms with Crippen molar-refractivity contribution in [1.82, 2.24) is 9.80 Å². The fraction of sp³-hybridized carbons (Fsp3) is 1.00. The minimum absolute atomic E-state index is 0.201. The van der Waals surface area contributed by atoms with Crippen molar-refractivity contribution in [2.45, 2.75) is 84.2 Å². The lowest BCUT2D eigenvalue weighted by molar-refractivity contribution is -0.123. The molecule has 0 aromatic carbocycles. The van der Waals surface area contributed by atoms with Crippen molar-refractivity contribution in [3.05, 3.63) is 0 Å². The fourth-order valence-electron chi connectivity index (χ4n) is 3.66. The first-order chi connectivity index (χ1) is 10.1. The summed E-state index contributed by atoms with van der Waals surface area (Å²) in [6.07, 6.45) is 1.60. The van der Waals surface area contributed by atoms with Crippen molar-refractivity contribution in [3.8, 4) is 0 Å². The van der Waals surface area contributed by atoms with Gasteiger partial charge in [-0.25, -0.2) is 0 Å². The highest BCUT2D eigenvalue weighted by Gasteiger charge is 2.36. The van der Waals surface area contributed by atoms with Crippen molar-refractivity contribution in [1.29, 1.82) is 0 Å². The van der Waals surface area contributed by atoms with Gasteiger partial charge in [0.15, 0.2) is 0 Å². The molecule has 2 heterocycles. The Morgan fingerprint density at radius 2 is 1.55 bits per heavy atom. The first-order valence-electron chi connectivity index (χ1n) is 8.82. The molecule has 3 atom stereocenters. The predicted molar refractivity (Wildman–Crippen MR) is 91.3 cm³/mol. The average Bonchev–Trinajstić information content (AvgIpc) is 2.39. The third-order valence-corrected chi connectivity index (χ3v) is 4.98. The molecule has 2 aliphatic rings. The van der Waals surface area contributed by atoms with Crippen LogP contribution in [0.3, 0.4) is 0 Å². The van der Waals surface area contributed by atoms with Crippen LogP contribution >= 0.6 is 0 Å². The van der Waals surface area contributed by atoms with Gasteiger partial charge in [-0.2, -0.15) is 0 Å². The summed E-state index contributed by atoms with van der Waals surface area (Å²) in [4.78, 5) is 5.11. The van der Waals surface area contributed by atoms with Crippen LogP contribution in [0.4, 0.5) is 0 Å². The Bertz CT molecular complexity index is 359. The lowest BCUT2D eigenvalue weighted by Gasteiger charge is -2.47. The van der Waals surface area contributed by atoms with E-state index in [-0.39, 0.29) is 11.1 Å². The van der Waals surface area contributed by atoms with Gasteiger partial charge in [-0.15, -0.1) is 0 Å². The maximum absolute atomic E-state index is 6.10. The molecule has 2 fully saturated rings. The second kappa shape index (κ2) is 6.76. The van der Waals surface area contributed by atoms with Crippen LogP contribution < -0.4 is 0 Å². The molecular formula is C18H36N2O2. The van der Waals surface area contributed by atoms with Crippen LogP contribution in [0.2, 0.25) is 0 Å². The Kier molecular flexibility index (Phi) is 5.59. The van der Waals surface area contributed by atoms with E-state index in [1.165, 1.54) is 0 Å². The molecule has 0 aromatic rings. The topological polar surface area (TPSA) is 24.9 Å². The molecular weight excluding hydrogens is 276 g/mol. The molecule has 0 N–H and O–H groups in total. The molecule has 2 saturated heterocycles. The van der Waals surface area contributed by atoms with E-state index >= 15 is 0 Å². The maximum atomic E-state index is 6.10. The van der Waals surface area contributed by atoms with Gasteiger partial charge in [-0.3, -0.25) is 9.80 Å². The molecule has 0 spiro atoms. The second-order valence-electron chi connectivity index (χ2n) is 8.97. The Balaban J connectivity index is 1.90. The number of hydrogen-bond donors (Lipinski definition) is 0. The monoisotopic (exact) mass is 312 g/mol. The lowest BCUT2D eigenvalue weighted by atomic mass is 9.98. The minimum Gasteiger partial charge on any atom is -0.375 e. The zero-order valence-electron chi connectivity index (χ0n) is 15.7. The molecule has 2 aliphatic heterocycles. The van der Waals surface area contributed by atoms with Crippen LogP contribution in [0.1, 0.15) is 54.9 Å². The van der Waals surface area contributed by atoms with Gasteiger partial charge in [0.25, 0.3) is 0 Å². The van der Waals surface area contributed by atoms with E-state index in [2.05, 4.69) is 58.3 Å². The summed E-state index contributed by atoms with van der Waals surface area (Å²) in [5, 5.41) is 0. The Morgan fingerprint density at radius 1 is 0.909 bits per heavy atom. The summed E-state index contributed by atoms with van der Waals surface area (Å²) < 4.78 is 12.1. The standard InChI is InChI=1S/C18H36N2O2/c1-14-13-22-16(12-20(14)18(5,6)7)10-15-11-19(8-9-21-15)17(2,3)4/h14-16H,8-13H2,1-7H3. The van der Waals surface area contributed by atoms with Gasteiger partial charge in [0.2, 0.25) is 0 Å². The molecule has 0 bridgehead atoms. The average molecular weight is 312 g/mol. The van der Waals surface area contributed by atoms with E-state index in [0.717, 1.165) is 39.3 Å². The minimum atomic E-state index is 0.201. The van der Waals surface area contributed by atoms with E-state index in [9.17, 15) is 0 Å². The highest BCUT2D eigenvalue weighted by Crippen LogP contribution is 2.26. The predicted octanol–water partition coefficient (Wildman–Crippen LogP) is 2.76. The number of nitrogens with zero attached hydrogens (tertiary/aromatic N) is 2. The van der Waals surface area contributed by atoms with Crippen LogP contribution in [0.5, 0.6) is 0 Å². The smallest absolute Gasteiger partial charge is 0.0728 e. The first kappa shape index (κ1) is 18.2. The molecule has 4 heteroatoms. The van der Waals surface area contributed by atoms with Crippen molar-refractivity contribution in [2.75, 3.05) is 32.8 Å². The molecule has 130 valence electrons. The highest BCUT2D eigenvalue weighted by atomic mass is 16.5. The summed E-state index contributed by atoms with van der Waals surface area (Å²) in [5.74, 6) is 0. The largest absolute Gasteiger partial charge is 0.375 e. The van der Waals surface area contributed by atoms with Crippen molar-refractivity contribution < 1.29 is 9.47 Å². The van der Waals surface area contributed by atoms with E-state index in [1.54, 1.807) is 0 Å². The van der Waals surface area contributed by atoms with E-state index in [0.29, 0.717) is 18.2 Å². The van der Waals surface area contributed by atoms with Crippen LogP contribution in [0.15, 0.2) is 0 Å². The van der Waals surface area contributed by atoms with E-state index < -0.39 is 0 Å². The SMILES string of the molecule is CC1COC(CC2CN(C(C)(C)C)CCO2)CN1C(C)(C)C.